The Bertz CT molecular complexity index is 712. The largest absolute Gasteiger partial charge is 0.467 e. The number of hydrogen-bond acceptors (Lipinski definition) is 4. The van der Waals surface area contributed by atoms with Crippen molar-refractivity contribution in [3.8, 4) is 0 Å². The molecule has 3 rings (SSSR count). The van der Waals surface area contributed by atoms with Gasteiger partial charge in [0.25, 0.3) is 0 Å². The van der Waals surface area contributed by atoms with Crippen molar-refractivity contribution in [2.24, 2.45) is 0 Å². The molecule has 6 heteroatoms. The molecule has 0 atom stereocenters. The van der Waals surface area contributed by atoms with Crippen molar-refractivity contribution < 1.29 is 14.0 Å². The molecule has 1 aromatic carbocycles. The van der Waals surface area contributed by atoms with Gasteiger partial charge in [0.1, 0.15) is 5.76 Å². The fraction of sp³-hybridized carbons (Fsp3) is 0.333. The average molecular weight is 327 g/mol. The van der Waals surface area contributed by atoms with E-state index in [0.29, 0.717) is 18.8 Å². The van der Waals surface area contributed by atoms with Crippen LogP contribution in [0.4, 0.5) is 5.69 Å². The highest BCUT2D eigenvalue weighted by Gasteiger charge is 2.22. The molecule has 0 saturated heterocycles. The SMILES string of the molecule is CN(CC(=O)NCc1ccco1)C(=O)CN1CCc2ccccc21. The van der Waals surface area contributed by atoms with Gasteiger partial charge >= 0.3 is 0 Å². The molecule has 0 spiro atoms. The molecule has 0 radical (unpaired) electrons. The molecule has 0 fully saturated rings. The van der Waals surface area contributed by atoms with Crippen molar-refractivity contribution in [3.05, 3.63) is 54.0 Å². The van der Waals surface area contributed by atoms with Crippen molar-refractivity contribution in [1.82, 2.24) is 10.2 Å². The zero-order chi connectivity index (χ0) is 16.9. The van der Waals surface area contributed by atoms with Crippen LogP contribution in [0.3, 0.4) is 0 Å². The first-order valence-electron chi connectivity index (χ1n) is 7.99. The summed E-state index contributed by atoms with van der Waals surface area (Å²) >= 11 is 0. The van der Waals surface area contributed by atoms with Gasteiger partial charge in [0.05, 0.1) is 25.9 Å². The van der Waals surface area contributed by atoms with Crippen molar-refractivity contribution in [2.75, 3.05) is 31.6 Å². The third-order valence-electron chi connectivity index (χ3n) is 4.16. The molecule has 2 aromatic rings. The maximum absolute atomic E-state index is 12.4. The zero-order valence-electron chi connectivity index (χ0n) is 13.7. The topological polar surface area (TPSA) is 65.8 Å². The summed E-state index contributed by atoms with van der Waals surface area (Å²) in [5.74, 6) is 0.412. The molecule has 0 bridgehead atoms. The number of carbonyl (C=O) groups excluding carboxylic acids is 2. The highest BCUT2D eigenvalue weighted by atomic mass is 16.3. The lowest BCUT2D eigenvalue weighted by Gasteiger charge is -2.23. The van der Waals surface area contributed by atoms with Crippen LogP contribution >= 0.6 is 0 Å². The fourth-order valence-electron chi connectivity index (χ4n) is 2.81. The first-order valence-corrected chi connectivity index (χ1v) is 7.99. The van der Waals surface area contributed by atoms with Crippen molar-refractivity contribution >= 4 is 17.5 Å². The van der Waals surface area contributed by atoms with Crippen LogP contribution in [-0.2, 0) is 22.6 Å². The molecule has 126 valence electrons. The van der Waals surface area contributed by atoms with E-state index in [1.807, 2.05) is 18.2 Å². The van der Waals surface area contributed by atoms with Gasteiger partial charge in [-0.2, -0.15) is 0 Å². The van der Waals surface area contributed by atoms with Crippen LogP contribution in [0.2, 0.25) is 0 Å². The van der Waals surface area contributed by atoms with Crippen LogP contribution in [0.15, 0.2) is 47.1 Å². The van der Waals surface area contributed by atoms with E-state index in [1.54, 1.807) is 25.4 Å². The quantitative estimate of drug-likeness (QED) is 0.871. The highest BCUT2D eigenvalue weighted by Crippen LogP contribution is 2.26. The van der Waals surface area contributed by atoms with Gasteiger partial charge in [-0.3, -0.25) is 9.59 Å². The minimum atomic E-state index is -0.205. The first-order chi connectivity index (χ1) is 11.6. The van der Waals surface area contributed by atoms with Gasteiger partial charge in [0.2, 0.25) is 11.8 Å². The number of amides is 2. The average Bonchev–Trinajstić information content (AvgIpc) is 3.23. The Labute approximate surface area is 141 Å². The van der Waals surface area contributed by atoms with Gasteiger partial charge in [0.15, 0.2) is 0 Å². The molecule has 1 N–H and O–H groups in total. The molecule has 6 nitrogen and oxygen atoms in total. The summed E-state index contributed by atoms with van der Waals surface area (Å²) in [6.45, 7) is 1.49. The summed E-state index contributed by atoms with van der Waals surface area (Å²) in [6, 6.07) is 11.7. The Hall–Kier alpha value is -2.76. The molecule has 2 heterocycles. The first kappa shape index (κ1) is 16.1. The Morgan fingerprint density at radius 1 is 1.25 bits per heavy atom. The minimum Gasteiger partial charge on any atom is -0.467 e. The van der Waals surface area contributed by atoms with Gasteiger partial charge in [-0.05, 0) is 30.2 Å². The van der Waals surface area contributed by atoms with Crippen LogP contribution < -0.4 is 10.2 Å². The third kappa shape index (κ3) is 3.76. The molecule has 0 saturated carbocycles. The number of rotatable bonds is 6. The van der Waals surface area contributed by atoms with Crippen LogP contribution in [0.5, 0.6) is 0 Å². The molecule has 1 aliphatic rings. The zero-order valence-corrected chi connectivity index (χ0v) is 13.7. The van der Waals surface area contributed by atoms with Gasteiger partial charge in [-0.15, -0.1) is 0 Å². The summed E-state index contributed by atoms with van der Waals surface area (Å²) < 4.78 is 5.16. The number of fused-ring (bicyclic) bond motifs is 1. The van der Waals surface area contributed by atoms with Gasteiger partial charge in [0, 0.05) is 19.3 Å². The number of furan rings is 1. The van der Waals surface area contributed by atoms with E-state index < -0.39 is 0 Å². The molecule has 0 unspecified atom stereocenters. The lowest BCUT2D eigenvalue weighted by molar-refractivity contribution is -0.133. The summed E-state index contributed by atoms with van der Waals surface area (Å²) in [7, 11) is 1.65. The summed E-state index contributed by atoms with van der Waals surface area (Å²) in [6.07, 6.45) is 2.52. The molecule has 1 aromatic heterocycles. The van der Waals surface area contributed by atoms with E-state index in [2.05, 4.69) is 16.3 Å². The number of nitrogens with zero attached hydrogens (tertiary/aromatic N) is 2. The predicted molar refractivity (Wildman–Crippen MR) is 90.6 cm³/mol. The van der Waals surface area contributed by atoms with Crippen molar-refractivity contribution in [3.63, 3.8) is 0 Å². The van der Waals surface area contributed by atoms with E-state index >= 15 is 0 Å². The monoisotopic (exact) mass is 327 g/mol. The maximum Gasteiger partial charge on any atom is 0.242 e. The number of anilines is 1. The second kappa shape index (κ2) is 7.21. The van der Waals surface area contributed by atoms with Crippen LogP contribution in [0.1, 0.15) is 11.3 Å². The summed E-state index contributed by atoms with van der Waals surface area (Å²) in [5, 5.41) is 2.74. The second-order valence-electron chi connectivity index (χ2n) is 5.91. The fourth-order valence-corrected chi connectivity index (χ4v) is 2.81. The summed E-state index contributed by atoms with van der Waals surface area (Å²) in [5.41, 5.74) is 2.38. The smallest absolute Gasteiger partial charge is 0.242 e. The summed E-state index contributed by atoms with van der Waals surface area (Å²) in [4.78, 5) is 27.8. The normalized spacial score (nSPS) is 12.8. The number of nitrogens with one attached hydrogen (secondary N) is 1. The molecule has 24 heavy (non-hydrogen) atoms. The van der Waals surface area contributed by atoms with Crippen LogP contribution in [0.25, 0.3) is 0 Å². The van der Waals surface area contributed by atoms with Crippen molar-refractivity contribution in [1.29, 1.82) is 0 Å². The number of benzene rings is 1. The number of hydrogen-bond donors (Lipinski definition) is 1. The van der Waals surface area contributed by atoms with Gasteiger partial charge in [-0.25, -0.2) is 0 Å². The molecule has 2 amide bonds. The van der Waals surface area contributed by atoms with E-state index in [-0.39, 0.29) is 18.4 Å². The maximum atomic E-state index is 12.4. The Morgan fingerprint density at radius 2 is 2.08 bits per heavy atom. The number of para-hydroxylation sites is 1. The molecule has 1 aliphatic heterocycles. The highest BCUT2D eigenvalue weighted by molar-refractivity contribution is 5.87. The standard InChI is InChI=1S/C18H21N3O3/c1-20(12-17(22)19-11-15-6-4-10-24-15)18(23)13-21-9-8-14-5-2-3-7-16(14)21/h2-7,10H,8-9,11-13H2,1H3,(H,19,22). The molecular formula is C18H21N3O3. The molecule has 0 aliphatic carbocycles. The molecular weight excluding hydrogens is 306 g/mol. The predicted octanol–water partition coefficient (Wildman–Crippen LogP) is 1.42. The Morgan fingerprint density at radius 3 is 2.88 bits per heavy atom. The lowest BCUT2D eigenvalue weighted by atomic mass is 10.2. The Balaban J connectivity index is 1.47. The lowest BCUT2D eigenvalue weighted by Crippen LogP contribution is -2.42. The van der Waals surface area contributed by atoms with E-state index in [1.165, 1.54) is 10.5 Å². The van der Waals surface area contributed by atoms with Crippen LogP contribution in [0, 0.1) is 0 Å². The van der Waals surface area contributed by atoms with Crippen molar-refractivity contribution in [2.45, 2.75) is 13.0 Å². The van der Waals surface area contributed by atoms with E-state index in [4.69, 9.17) is 4.42 Å². The second-order valence-corrected chi connectivity index (χ2v) is 5.91. The third-order valence-corrected chi connectivity index (χ3v) is 4.16. The Kier molecular flexibility index (Phi) is 4.84. The van der Waals surface area contributed by atoms with E-state index in [9.17, 15) is 9.59 Å². The van der Waals surface area contributed by atoms with Crippen LogP contribution in [-0.4, -0.2) is 43.4 Å². The number of likely N-dealkylation sites (N-methyl/N-ethyl adjacent to an activating group) is 1. The van der Waals surface area contributed by atoms with E-state index in [0.717, 1.165) is 18.7 Å². The number of carbonyl (C=O) groups is 2. The van der Waals surface area contributed by atoms with Gasteiger partial charge in [-0.1, -0.05) is 18.2 Å². The minimum absolute atomic E-state index is 0.0367. The van der Waals surface area contributed by atoms with Gasteiger partial charge < -0.3 is 19.5 Å².